The Morgan fingerprint density at radius 2 is 1.71 bits per heavy atom. The number of methoxy groups -OCH3 is 1. The predicted molar refractivity (Wildman–Crippen MR) is 116 cm³/mol. The van der Waals surface area contributed by atoms with Crippen LogP contribution in [-0.2, 0) is 9.59 Å². The van der Waals surface area contributed by atoms with Crippen LogP contribution in [0.15, 0.2) is 78.4 Å². The molecule has 1 aliphatic heterocycles. The van der Waals surface area contributed by atoms with E-state index in [-0.39, 0.29) is 16.4 Å². The number of hydrogen-bond donors (Lipinski definition) is 1. The Bertz CT molecular complexity index is 1190. The summed E-state index contributed by atoms with van der Waals surface area (Å²) in [7, 11) is 1.46. The number of amides is 1. The SMILES string of the molecule is COc1ccc(N2C(=O)C(=O)/C(=C(/O)c3ccccc3)C2c2ccc(F)cc2)cc1Cl. The second kappa shape index (κ2) is 8.24. The fourth-order valence-electron chi connectivity index (χ4n) is 3.62. The van der Waals surface area contributed by atoms with Gasteiger partial charge in [-0.3, -0.25) is 14.5 Å². The van der Waals surface area contributed by atoms with E-state index < -0.39 is 23.5 Å². The quantitative estimate of drug-likeness (QED) is 0.350. The van der Waals surface area contributed by atoms with E-state index in [4.69, 9.17) is 16.3 Å². The first kappa shape index (κ1) is 20.6. The van der Waals surface area contributed by atoms with Gasteiger partial charge < -0.3 is 9.84 Å². The van der Waals surface area contributed by atoms with Gasteiger partial charge in [-0.15, -0.1) is 0 Å². The lowest BCUT2D eigenvalue weighted by atomic mass is 9.95. The fraction of sp³-hybridized carbons (Fsp3) is 0.0833. The molecule has 5 nitrogen and oxygen atoms in total. The molecule has 4 rings (SSSR count). The Morgan fingerprint density at radius 3 is 2.32 bits per heavy atom. The number of nitrogens with zero attached hydrogens (tertiary/aromatic N) is 1. The molecule has 0 radical (unpaired) electrons. The summed E-state index contributed by atoms with van der Waals surface area (Å²) in [6.07, 6.45) is 0. The molecule has 3 aromatic carbocycles. The van der Waals surface area contributed by atoms with Gasteiger partial charge in [0.2, 0.25) is 0 Å². The van der Waals surface area contributed by atoms with Crippen LogP contribution in [0.2, 0.25) is 5.02 Å². The van der Waals surface area contributed by atoms with Gasteiger partial charge in [-0.2, -0.15) is 0 Å². The van der Waals surface area contributed by atoms with Crippen LogP contribution >= 0.6 is 11.6 Å². The van der Waals surface area contributed by atoms with Crippen molar-refractivity contribution in [1.29, 1.82) is 0 Å². The van der Waals surface area contributed by atoms with Crippen molar-refractivity contribution in [3.63, 3.8) is 0 Å². The van der Waals surface area contributed by atoms with Crippen LogP contribution in [0.3, 0.4) is 0 Å². The molecule has 1 aliphatic rings. The summed E-state index contributed by atoms with van der Waals surface area (Å²) < 4.78 is 18.7. The molecule has 1 N–H and O–H groups in total. The molecule has 0 aromatic heterocycles. The first-order chi connectivity index (χ1) is 14.9. The maximum absolute atomic E-state index is 13.6. The largest absolute Gasteiger partial charge is 0.507 e. The molecule has 0 saturated carbocycles. The van der Waals surface area contributed by atoms with Crippen LogP contribution in [0.25, 0.3) is 5.76 Å². The summed E-state index contributed by atoms with van der Waals surface area (Å²) >= 11 is 6.24. The number of benzene rings is 3. The summed E-state index contributed by atoms with van der Waals surface area (Å²) in [6, 6.07) is 17.6. The molecular weight excluding hydrogens is 421 g/mol. The van der Waals surface area contributed by atoms with E-state index in [1.807, 2.05) is 0 Å². The van der Waals surface area contributed by atoms with Gasteiger partial charge in [-0.05, 0) is 35.9 Å². The Kier molecular flexibility index (Phi) is 5.48. The molecule has 3 aromatic rings. The summed E-state index contributed by atoms with van der Waals surface area (Å²) in [5.74, 6) is -2.04. The highest BCUT2D eigenvalue weighted by Crippen LogP contribution is 2.43. The van der Waals surface area contributed by atoms with Gasteiger partial charge in [-0.25, -0.2) is 4.39 Å². The third kappa shape index (κ3) is 3.66. The van der Waals surface area contributed by atoms with Gasteiger partial charge in [0, 0.05) is 11.3 Å². The number of hydrogen-bond acceptors (Lipinski definition) is 4. The molecule has 1 unspecified atom stereocenters. The van der Waals surface area contributed by atoms with Crippen LogP contribution in [-0.4, -0.2) is 23.9 Å². The van der Waals surface area contributed by atoms with E-state index in [0.29, 0.717) is 22.6 Å². The van der Waals surface area contributed by atoms with E-state index in [0.717, 1.165) is 0 Å². The third-order valence-electron chi connectivity index (χ3n) is 5.09. The number of aliphatic hydroxyl groups excluding tert-OH is 1. The van der Waals surface area contributed by atoms with Crippen LogP contribution in [0, 0.1) is 5.82 Å². The van der Waals surface area contributed by atoms with Gasteiger partial charge in [0.1, 0.15) is 17.3 Å². The van der Waals surface area contributed by atoms with Gasteiger partial charge in [0.05, 0.1) is 23.7 Å². The average Bonchev–Trinajstić information content (AvgIpc) is 3.05. The highest BCUT2D eigenvalue weighted by Gasteiger charge is 2.47. The molecule has 7 heteroatoms. The molecule has 0 bridgehead atoms. The van der Waals surface area contributed by atoms with Crippen molar-refractivity contribution in [3.05, 3.63) is 100 Å². The minimum atomic E-state index is -0.967. The van der Waals surface area contributed by atoms with E-state index in [1.54, 1.807) is 42.5 Å². The Labute approximate surface area is 182 Å². The first-order valence-electron chi connectivity index (χ1n) is 9.38. The highest BCUT2D eigenvalue weighted by atomic mass is 35.5. The predicted octanol–water partition coefficient (Wildman–Crippen LogP) is 5.11. The second-order valence-corrected chi connectivity index (χ2v) is 7.31. The number of anilines is 1. The number of halogens is 2. The minimum Gasteiger partial charge on any atom is -0.507 e. The van der Waals surface area contributed by atoms with Gasteiger partial charge in [0.25, 0.3) is 11.7 Å². The van der Waals surface area contributed by atoms with Crippen LogP contribution in [0.1, 0.15) is 17.2 Å². The summed E-state index contributed by atoms with van der Waals surface area (Å²) in [5.41, 5.74) is 1.11. The summed E-state index contributed by atoms with van der Waals surface area (Å²) in [5, 5.41) is 11.2. The smallest absolute Gasteiger partial charge is 0.300 e. The Balaban J connectivity index is 1.94. The maximum atomic E-state index is 13.6. The van der Waals surface area contributed by atoms with Crippen molar-refractivity contribution in [2.24, 2.45) is 0 Å². The van der Waals surface area contributed by atoms with Gasteiger partial charge in [0.15, 0.2) is 0 Å². The monoisotopic (exact) mass is 437 g/mol. The lowest BCUT2D eigenvalue weighted by Crippen LogP contribution is -2.29. The Hall–Kier alpha value is -3.64. The van der Waals surface area contributed by atoms with Crippen molar-refractivity contribution >= 4 is 34.7 Å². The molecule has 1 saturated heterocycles. The molecule has 1 amide bonds. The normalized spacial score (nSPS) is 17.8. The molecule has 1 atom stereocenters. The summed E-state index contributed by atoms with van der Waals surface area (Å²) in [6.45, 7) is 0. The molecule has 1 heterocycles. The number of rotatable bonds is 4. The van der Waals surface area contributed by atoms with E-state index >= 15 is 0 Å². The maximum Gasteiger partial charge on any atom is 0.300 e. The topological polar surface area (TPSA) is 66.8 Å². The molecular formula is C24H17ClFNO4. The number of ether oxygens (including phenoxy) is 1. The standard InChI is InChI=1S/C24H17ClFNO4/c1-31-19-12-11-17(13-18(19)25)27-21(14-7-9-16(26)10-8-14)20(23(29)24(27)30)22(28)15-5-3-2-4-6-15/h2-13,21,28H,1H3/b22-20+. The van der Waals surface area contributed by atoms with Crippen molar-refractivity contribution in [3.8, 4) is 5.75 Å². The van der Waals surface area contributed by atoms with Gasteiger partial charge >= 0.3 is 0 Å². The zero-order valence-corrected chi connectivity index (χ0v) is 17.1. The van der Waals surface area contributed by atoms with Crippen molar-refractivity contribution < 1.29 is 23.8 Å². The highest BCUT2D eigenvalue weighted by molar-refractivity contribution is 6.51. The zero-order chi connectivity index (χ0) is 22.1. The number of Topliss-reactive ketones (excluding diaryl/α,β-unsaturated/α-hetero) is 1. The molecule has 0 aliphatic carbocycles. The average molecular weight is 438 g/mol. The molecule has 31 heavy (non-hydrogen) atoms. The van der Waals surface area contributed by atoms with Crippen molar-refractivity contribution in [2.45, 2.75) is 6.04 Å². The van der Waals surface area contributed by atoms with E-state index in [2.05, 4.69) is 0 Å². The number of carbonyl (C=O) groups excluding carboxylic acids is 2. The van der Waals surface area contributed by atoms with E-state index in [1.165, 1.54) is 42.3 Å². The molecule has 1 fully saturated rings. The van der Waals surface area contributed by atoms with Crippen molar-refractivity contribution in [2.75, 3.05) is 12.0 Å². The lowest BCUT2D eigenvalue weighted by molar-refractivity contribution is -0.132. The fourth-order valence-corrected chi connectivity index (χ4v) is 3.87. The number of aliphatic hydroxyl groups is 1. The van der Waals surface area contributed by atoms with Gasteiger partial charge in [-0.1, -0.05) is 54.1 Å². The van der Waals surface area contributed by atoms with E-state index in [9.17, 15) is 19.1 Å². The van der Waals surface area contributed by atoms with Crippen LogP contribution in [0.4, 0.5) is 10.1 Å². The zero-order valence-electron chi connectivity index (χ0n) is 16.4. The number of carbonyl (C=O) groups is 2. The second-order valence-electron chi connectivity index (χ2n) is 6.91. The Morgan fingerprint density at radius 1 is 1.03 bits per heavy atom. The first-order valence-corrected chi connectivity index (χ1v) is 9.75. The summed E-state index contributed by atoms with van der Waals surface area (Å²) in [4.78, 5) is 27.3. The van der Waals surface area contributed by atoms with Crippen molar-refractivity contribution in [1.82, 2.24) is 0 Å². The minimum absolute atomic E-state index is 0.0882. The lowest BCUT2D eigenvalue weighted by Gasteiger charge is -2.26. The number of ketones is 1. The molecule has 0 spiro atoms. The van der Waals surface area contributed by atoms with Crippen LogP contribution in [0.5, 0.6) is 5.75 Å². The molecule has 156 valence electrons. The third-order valence-corrected chi connectivity index (χ3v) is 5.39. The van der Waals surface area contributed by atoms with Crippen LogP contribution < -0.4 is 9.64 Å².